The summed E-state index contributed by atoms with van der Waals surface area (Å²) < 4.78 is 5.55. The van der Waals surface area contributed by atoms with Gasteiger partial charge in [-0.1, -0.05) is 18.4 Å². The van der Waals surface area contributed by atoms with Gasteiger partial charge in [0.05, 0.1) is 0 Å². The lowest BCUT2D eigenvalue weighted by atomic mass is 9.96. The van der Waals surface area contributed by atoms with E-state index in [-0.39, 0.29) is 5.38 Å². The lowest BCUT2D eigenvalue weighted by molar-refractivity contribution is 0.379. The van der Waals surface area contributed by atoms with E-state index in [0.29, 0.717) is 11.9 Å². The first-order valence-corrected chi connectivity index (χ1v) is 6.36. The van der Waals surface area contributed by atoms with Gasteiger partial charge in [-0.15, -0.1) is 16.7 Å². The number of hydrogen-bond acceptors (Lipinski definition) is 4. The van der Waals surface area contributed by atoms with E-state index in [1.807, 2.05) is 6.92 Å². The van der Waals surface area contributed by atoms with Crippen LogP contribution in [0.4, 0.5) is 6.01 Å². The molecule has 2 unspecified atom stereocenters. The molecule has 1 aromatic rings. The van der Waals surface area contributed by atoms with Crippen molar-refractivity contribution in [2.45, 2.75) is 38.5 Å². The summed E-state index contributed by atoms with van der Waals surface area (Å²) in [5, 5.41) is 7.79. The minimum absolute atomic E-state index is 0.215. The molecule has 0 aliphatic carbocycles. The zero-order chi connectivity index (χ0) is 11.5. The van der Waals surface area contributed by atoms with E-state index in [0.717, 1.165) is 19.0 Å². The minimum Gasteiger partial charge on any atom is -0.406 e. The molecule has 2 atom stereocenters. The van der Waals surface area contributed by atoms with Gasteiger partial charge in [0.2, 0.25) is 5.89 Å². The highest BCUT2D eigenvalue weighted by Crippen LogP contribution is 2.26. The Balaban J connectivity index is 2.05. The molecule has 0 radical (unpaired) electrons. The molecule has 4 nitrogen and oxygen atoms in total. The highest BCUT2D eigenvalue weighted by atomic mass is 35.5. The molecule has 1 saturated heterocycles. The summed E-state index contributed by atoms with van der Waals surface area (Å²) in [6.07, 6.45) is 3.72. The van der Waals surface area contributed by atoms with E-state index in [1.165, 1.54) is 19.3 Å². The molecule has 0 saturated carbocycles. The van der Waals surface area contributed by atoms with Crippen LogP contribution in [0.1, 0.15) is 44.4 Å². The van der Waals surface area contributed by atoms with Crippen LogP contribution < -0.4 is 4.90 Å². The maximum atomic E-state index is 5.90. The summed E-state index contributed by atoms with van der Waals surface area (Å²) in [6.45, 7) is 6.10. The molecule has 2 heterocycles. The lowest BCUT2D eigenvalue weighted by Gasteiger charge is -2.30. The van der Waals surface area contributed by atoms with Crippen LogP contribution in [0.2, 0.25) is 0 Å². The molecule has 1 aliphatic heterocycles. The number of aromatic nitrogens is 2. The van der Waals surface area contributed by atoms with Crippen LogP contribution >= 0.6 is 11.6 Å². The van der Waals surface area contributed by atoms with Crippen molar-refractivity contribution < 1.29 is 4.42 Å². The van der Waals surface area contributed by atoms with Crippen molar-refractivity contribution >= 4 is 17.6 Å². The van der Waals surface area contributed by atoms with Gasteiger partial charge in [-0.3, -0.25) is 0 Å². The Kier molecular flexibility index (Phi) is 3.69. The highest BCUT2D eigenvalue weighted by molar-refractivity contribution is 6.20. The number of hydrogen-bond donors (Lipinski definition) is 0. The number of nitrogens with zero attached hydrogens (tertiary/aromatic N) is 3. The van der Waals surface area contributed by atoms with Crippen LogP contribution in [0, 0.1) is 5.92 Å². The first-order chi connectivity index (χ1) is 7.70. The van der Waals surface area contributed by atoms with Crippen molar-refractivity contribution in [1.82, 2.24) is 10.2 Å². The molecule has 0 amide bonds. The van der Waals surface area contributed by atoms with Crippen molar-refractivity contribution in [2.24, 2.45) is 5.92 Å². The summed E-state index contributed by atoms with van der Waals surface area (Å²) in [6, 6.07) is 0.626. The third kappa shape index (κ3) is 2.48. The predicted octanol–water partition coefficient (Wildman–Crippen LogP) is 3.00. The number of alkyl halides is 1. The minimum atomic E-state index is -0.215. The second kappa shape index (κ2) is 5.04. The van der Waals surface area contributed by atoms with Crippen molar-refractivity contribution in [2.75, 3.05) is 18.0 Å². The van der Waals surface area contributed by atoms with Crippen LogP contribution in [0.15, 0.2) is 4.42 Å². The molecular formula is C11H18ClN3O. The first-order valence-electron chi connectivity index (χ1n) is 5.93. The van der Waals surface area contributed by atoms with Gasteiger partial charge in [0.1, 0.15) is 5.38 Å². The van der Waals surface area contributed by atoms with E-state index >= 15 is 0 Å². The van der Waals surface area contributed by atoms with Crippen LogP contribution in [-0.2, 0) is 0 Å². The second-order valence-corrected chi connectivity index (χ2v) is 5.06. The summed E-state index contributed by atoms with van der Waals surface area (Å²) in [7, 11) is 0. The maximum Gasteiger partial charge on any atom is 0.318 e. The van der Waals surface area contributed by atoms with Crippen LogP contribution in [0.25, 0.3) is 0 Å². The van der Waals surface area contributed by atoms with Gasteiger partial charge < -0.3 is 9.32 Å². The van der Waals surface area contributed by atoms with E-state index in [4.69, 9.17) is 16.0 Å². The van der Waals surface area contributed by atoms with Crippen LogP contribution in [0.3, 0.4) is 0 Å². The van der Waals surface area contributed by atoms with Crippen molar-refractivity contribution in [3.8, 4) is 0 Å². The SMILES string of the molecule is CCC1CCCN(c2nnc(C(C)Cl)o2)C1. The van der Waals surface area contributed by atoms with Gasteiger partial charge >= 0.3 is 6.01 Å². The topological polar surface area (TPSA) is 42.2 Å². The Morgan fingerprint density at radius 2 is 2.38 bits per heavy atom. The van der Waals surface area contributed by atoms with E-state index in [9.17, 15) is 0 Å². The normalized spacial score (nSPS) is 23.4. The standard InChI is InChI=1S/C11H18ClN3O/c1-3-9-5-4-6-15(7-9)11-14-13-10(16-11)8(2)12/h8-9H,3-7H2,1-2H3. The van der Waals surface area contributed by atoms with Crippen molar-refractivity contribution in [3.63, 3.8) is 0 Å². The third-order valence-electron chi connectivity index (χ3n) is 3.14. The van der Waals surface area contributed by atoms with E-state index in [1.54, 1.807) is 0 Å². The van der Waals surface area contributed by atoms with Gasteiger partial charge in [0.15, 0.2) is 0 Å². The summed E-state index contributed by atoms with van der Waals surface area (Å²) >= 11 is 5.90. The number of rotatable bonds is 3. The van der Waals surface area contributed by atoms with Gasteiger partial charge in [0, 0.05) is 13.1 Å². The second-order valence-electron chi connectivity index (χ2n) is 4.40. The molecule has 0 aromatic carbocycles. The molecule has 1 fully saturated rings. The highest BCUT2D eigenvalue weighted by Gasteiger charge is 2.23. The molecule has 1 aromatic heterocycles. The van der Waals surface area contributed by atoms with Gasteiger partial charge in [-0.2, -0.15) is 0 Å². The molecule has 0 N–H and O–H groups in total. The quantitative estimate of drug-likeness (QED) is 0.766. The smallest absolute Gasteiger partial charge is 0.318 e. The Bertz CT molecular complexity index is 340. The average Bonchev–Trinajstić information content (AvgIpc) is 2.78. The molecule has 5 heteroatoms. The Morgan fingerprint density at radius 1 is 1.56 bits per heavy atom. The zero-order valence-electron chi connectivity index (χ0n) is 9.82. The molecule has 16 heavy (non-hydrogen) atoms. The molecule has 0 spiro atoms. The zero-order valence-corrected chi connectivity index (χ0v) is 10.6. The third-order valence-corrected chi connectivity index (χ3v) is 3.32. The fraction of sp³-hybridized carbons (Fsp3) is 0.818. The Hall–Kier alpha value is -0.770. The average molecular weight is 244 g/mol. The van der Waals surface area contributed by atoms with E-state index < -0.39 is 0 Å². The Morgan fingerprint density at radius 3 is 3.00 bits per heavy atom. The van der Waals surface area contributed by atoms with Gasteiger partial charge in [-0.25, -0.2) is 0 Å². The first kappa shape index (κ1) is 11.7. The predicted molar refractivity (Wildman–Crippen MR) is 63.8 cm³/mol. The molecule has 1 aliphatic rings. The maximum absolute atomic E-state index is 5.90. The lowest BCUT2D eigenvalue weighted by Crippen LogP contribution is -2.35. The monoisotopic (exact) mass is 243 g/mol. The molecule has 2 rings (SSSR count). The molecule has 90 valence electrons. The van der Waals surface area contributed by atoms with E-state index in [2.05, 4.69) is 22.0 Å². The number of piperidine rings is 1. The van der Waals surface area contributed by atoms with Crippen LogP contribution in [-0.4, -0.2) is 23.3 Å². The van der Waals surface area contributed by atoms with Crippen LogP contribution in [0.5, 0.6) is 0 Å². The fourth-order valence-electron chi connectivity index (χ4n) is 2.09. The van der Waals surface area contributed by atoms with Gasteiger partial charge in [0.25, 0.3) is 0 Å². The number of anilines is 1. The van der Waals surface area contributed by atoms with Gasteiger partial charge in [-0.05, 0) is 25.7 Å². The van der Waals surface area contributed by atoms with Crippen molar-refractivity contribution in [3.05, 3.63) is 5.89 Å². The summed E-state index contributed by atoms with van der Waals surface area (Å²) in [4.78, 5) is 2.17. The number of halogens is 1. The summed E-state index contributed by atoms with van der Waals surface area (Å²) in [5.74, 6) is 1.26. The molecular weight excluding hydrogens is 226 g/mol. The summed E-state index contributed by atoms with van der Waals surface area (Å²) in [5.41, 5.74) is 0. The van der Waals surface area contributed by atoms with Crippen molar-refractivity contribution in [1.29, 1.82) is 0 Å². The largest absolute Gasteiger partial charge is 0.406 e. The molecule has 0 bridgehead atoms. The Labute approximate surface area is 101 Å². The fourth-order valence-corrected chi connectivity index (χ4v) is 2.18.